The number of para-hydroxylation sites is 1. The number of amides is 1. The third-order valence-electron chi connectivity index (χ3n) is 5.28. The van der Waals surface area contributed by atoms with Crippen LogP contribution in [-0.4, -0.2) is 28.8 Å². The first-order chi connectivity index (χ1) is 15.4. The summed E-state index contributed by atoms with van der Waals surface area (Å²) < 4.78 is 13.6. The van der Waals surface area contributed by atoms with Crippen molar-refractivity contribution < 1.29 is 14.3 Å². The fourth-order valence-corrected chi connectivity index (χ4v) is 3.60. The number of carbonyl (C=O) groups excluding carboxylic acids is 1. The van der Waals surface area contributed by atoms with Gasteiger partial charge < -0.3 is 14.8 Å². The molecule has 3 rings (SSSR count). The van der Waals surface area contributed by atoms with Crippen LogP contribution in [0.3, 0.4) is 0 Å². The van der Waals surface area contributed by atoms with E-state index in [9.17, 15) is 14.4 Å². The highest BCUT2D eigenvalue weighted by molar-refractivity contribution is 5.81. The Labute approximate surface area is 186 Å². The smallest absolute Gasteiger partial charge is 0.331 e. The summed E-state index contributed by atoms with van der Waals surface area (Å²) in [5.41, 5.74) is 0.428. The number of fused-ring (bicyclic) bond motifs is 1. The molecule has 8 heteroatoms. The van der Waals surface area contributed by atoms with E-state index >= 15 is 0 Å². The zero-order valence-electron chi connectivity index (χ0n) is 18.9. The predicted molar refractivity (Wildman–Crippen MR) is 123 cm³/mol. The number of nitrogens with one attached hydrogen (secondary N) is 1. The van der Waals surface area contributed by atoms with Crippen molar-refractivity contribution in [3.05, 3.63) is 68.9 Å². The Hall–Kier alpha value is -3.55. The average molecular weight is 440 g/mol. The second kappa shape index (κ2) is 10.2. The van der Waals surface area contributed by atoms with Crippen molar-refractivity contribution in [3.8, 4) is 11.5 Å². The zero-order chi connectivity index (χ0) is 23.3. The predicted octanol–water partition coefficient (Wildman–Crippen LogP) is 2.86. The second-order valence-corrected chi connectivity index (χ2v) is 7.48. The van der Waals surface area contributed by atoms with Crippen molar-refractivity contribution in [2.45, 2.75) is 46.3 Å². The molecule has 1 atom stereocenters. The Balaban J connectivity index is 1.84. The molecule has 0 aliphatic heterocycles. The molecule has 1 amide bonds. The van der Waals surface area contributed by atoms with E-state index in [1.165, 1.54) is 4.57 Å². The molecule has 1 heterocycles. The number of ether oxygens (including phenoxy) is 2. The highest BCUT2D eigenvalue weighted by Gasteiger charge is 2.17. The Bertz CT molecular complexity index is 1230. The maximum atomic E-state index is 12.8. The lowest BCUT2D eigenvalue weighted by Crippen LogP contribution is -2.42. The van der Waals surface area contributed by atoms with Crippen molar-refractivity contribution in [3.63, 3.8) is 0 Å². The normalized spacial score (nSPS) is 11.9. The van der Waals surface area contributed by atoms with Crippen LogP contribution in [0.4, 0.5) is 0 Å². The van der Waals surface area contributed by atoms with Gasteiger partial charge in [-0.25, -0.2) is 4.79 Å². The number of hydrogen-bond donors (Lipinski definition) is 1. The maximum absolute atomic E-state index is 12.8. The monoisotopic (exact) mass is 439 g/mol. The number of rotatable bonds is 9. The van der Waals surface area contributed by atoms with Gasteiger partial charge >= 0.3 is 5.69 Å². The lowest BCUT2D eigenvalue weighted by atomic mass is 10.1. The van der Waals surface area contributed by atoms with Gasteiger partial charge in [-0.15, -0.1) is 0 Å². The van der Waals surface area contributed by atoms with Crippen molar-refractivity contribution in [1.82, 2.24) is 14.5 Å². The van der Waals surface area contributed by atoms with E-state index in [4.69, 9.17) is 9.47 Å². The van der Waals surface area contributed by atoms with Crippen molar-refractivity contribution in [2.24, 2.45) is 0 Å². The zero-order valence-corrected chi connectivity index (χ0v) is 18.9. The van der Waals surface area contributed by atoms with Crippen molar-refractivity contribution in [1.29, 1.82) is 0 Å². The van der Waals surface area contributed by atoms with Gasteiger partial charge in [-0.2, -0.15) is 0 Å². The lowest BCUT2D eigenvalue weighted by Gasteiger charge is -2.18. The summed E-state index contributed by atoms with van der Waals surface area (Å²) in [6.07, 6.45) is 0.886. The molecule has 0 aliphatic rings. The minimum atomic E-state index is -0.502. The molecular weight excluding hydrogens is 410 g/mol. The first kappa shape index (κ1) is 23.1. The summed E-state index contributed by atoms with van der Waals surface area (Å²) >= 11 is 0. The molecule has 0 fully saturated rings. The third kappa shape index (κ3) is 4.69. The minimum absolute atomic E-state index is 0.196. The molecule has 3 aromatic rings. The van der Waals surface area contributed by atoms with Gasteiger partial charge in [-0.05, 0) is 50.1 Å². The van der Waals surface area contributed by atoms with Gasteiger partial charge in [0, 0.05) is 6.54 Å². The van der Waals surface area contributed by atoms with Crippen LogP contribution in [-0.2, 0) is 17.9 Å². The Morgan fingerprint density at radius 3 is 2.50 bits per heavy atom. The van der Waals surface area contributed by atoms with Crippen LogP contribution in [0.1, 0.15) is 38.8 Å². The average Bonchev–Trinajstić information content (AvgIpc) is 2.80. The van der Waals surface area contributed by atoms with Crippen LogP contribution in [0, 0.1) is 0 Å². The third-order valence-corrected chi connectivity index (χ3v) is 5.28. The Kier molecular flexibility index (Phi) is 7.35. The van der Waals surface area contributed by atoms with Gasteiger partial charge in [0.15, 0.2) is 11.5 Å². The minimum Gasteiger partial charge on any atom is -0.493 e. The van der Waals surface area contributed by atoms with Gasteiger partial charge in [0.05, 0.1) is 30.7 Å². The first-order valence-electron chi connectivity index (χ1n) is 10.7. The van der Waals surface area contributed by atoms with E-state index in [1.807, 2.05) is 32.0 Å². The molecule has 0 aliphatic carbocycles. The van der Waals surface area contributed by atoms with E-state index in [2.05, 4.69) is 5.32 Å². The van der Waals surface area contributed by atoms with Gasteiger partial charge in [-0.1, -0.05) is 25.1 Å². The molecule has 32 heavy (non-hydrogen) atoms. The van der Waals surface area contributed by atoms with Gasteiger partial charge in [0.2, 0.25) is 5.91 Å². The standard InChI is InChI=1S/C24H29N3O5/c1-5-13-32-20-12-11-17(14-21(20)31-4)16(3)25-22(28)15-27-19-10-8-7-9-18(19)23(29)26(6-2)24(27)30/h7-12,14,16H,5-6,13,15H2,1-4H3,(H,25,28). The van der Waals surface area contributed by atoms with E-state index in [0.29, 0.717) is 29.0 Å². The molecule has 8 nitrogen and oxygen atoms in total. The van der Waals surface area contributed by atoms with Crippen LogP contribution in [0.2, 0.25) is 0 Å². The summed E-state index contributed by atoms with van der Waals surface area (Å²) in [6, 6.07) is 12.0. The van der Waals surface area contributed by atoms with Crippen LogP contribution < -0.4 is 26.0 Å². The fraction of sp³-hybridized carbons (Fsp3) is 0.375. The first-order valence-corrected chi connectivity index (χ1v) is 10.7. The number of nitrogens with zero attached hydrogens (tertiary/aromatic N) is 2. The van der Waals surface area contributed by atoms with Crippen LogP contribution in [0.5, 0.6) is 11.5 Å². The maximum Gasteiger partial charge on any atom is 0.331 e. The number of hydrogen-bond acceptors (Lipinski definition) is 5. The molecule has 1 N–H and O–H groups in total. The van der Waals surface area contributed by atoms with Crippen LogP contribution in [0.25, 0.3) is 10.9 Å². The van der Waals surface area contributed by atoms with Gasteiger partial charge in [0.1, 0.15) is 6.54 Å². The molecule has 170 valence electrons. The van der Waals surface area contributed by atoms with Gasteiger partial charge in [0.25, 0.3) is 5.56 Å². The molecule has 0 radical (unpaired) electrons. The summed E-state index contributed by atoms with van der Waals surface area (Å²) in [5.74, 6) is 0.905. The van der Waals surface area contributed by atoms with Gasteiger partial charge in [-0.3, -0.25) is 18.7 Å². The molecule has 0 spiro atoms. The van der Waals surface area contributed by atoms with E-state index in [1.54, 1.807) is 38.3 Å². The number of methoxy groups -OCH3 is 1. The Morgan fingerprint density at radius 2 is 1.81 bits per heavy atom. The summed E-state index contributed by atoms with van der Waals surface area (Å²) in [5, 5.41) is 3.33. The number of carbonyl (C=O) groups is 1. The van der Waals surface area contributed by atoms with E-state index in [0.717, 1.165) is 16.6 Å². The number of benzene rings is 2. The lowest BCUT2D eigenvalue weighted by molar-refractivity contribution is -0.122. The molecule has 0 bridgehead atoms. The van der Waals surface area contributed by atoms with Crippen LogP contribution >= 0.6 is 0 Å². The topological polar surface area (TPSA) is 91.6 Å². The highest BCUT2D eigenvalue weighted by atomic mass is 16.5. The number of aromatic nitrogens is 2. The van der Waals surface area contributed by atoms with E-state index in [-0.39, 0.29) is 30.6 Å². The highest BCUT2D eigenvalue weighted by Crippen LogP contribution is 2.30. The van der Waals surface area contributed by atoms with Crippen molar-refractivity contribution >= 4 is 16.8 Å². The summed E-state index contributed by atoms with van der Waals surface area (Å²) in [6.45, 7) is 6.23. The molecule has 1 unspecified atom stereocenters. The molecule has 0 saturated heterocycles. The SMILES string of the molecule is CCCOc1ccc(C(C)NC(=O)Cn2c(=O)n(CC)c(=O)c3ccccc32)cc1OC. The van der Waals surface area contributed by atoms with Crippen LogP contribution in [0.15, 0.2) is 52.1 Å². The molecule has 2 aromatic carbocycles. The fourth-order valence-electron chi connectivity index (χ4n) is 3.60. The summed E-state index contributed by atoms with van der Waals surface area (Å²) in [4.78, 5) is 38.2. The van der Waals surface area contributed by atoms with Crippen molar-refractivity contribution in [2.75, 3.05) is 13.7 Å². The molecule has 1 aromatic heterocycles. The Morgan fingerprint density at radius 1 is 1.06 bits per heavy atom. The largest absolute Gasteiger partial charge is 0.493 e. The molecular formula is C24H29N3O5. The quantitative estimate of drug-likeness (QED) is 0.554. The second-order valence-electron chi connectivity index (χ2n) is 7.48. The van der Waals surface area contributed by atoms with E-state index < -0.39 is 5.69 Å². The molecule has 0 saturated carbocycles. The summed E-state index contributed by atoms with van der Waals surface area (Å²) in [7, 11) is 1.57.